The first-order chi connectivity index (χ1) is 17.3. The van der Waals surface area contributed by atoms with Gasteiger partial charge in [0.2, 0.25) is 0 Å². The molecule has 5 rings (SSSR count). The predicted octanol–water partition coefficient (Wildman–Crippen LogP) is 3.96. The fourth-order valence-electron chi connectivity index (χ4n) is 4.43. The van der Waals surface area contributed by atoms with Crippen LogP contribution in [0.1, 0.15) is 34.5 Å². The topological polar surface area (TPSA) is 126 Å². The Labute approximate surface area is 217 Å². The van der Waals surface area contributed by atoms with Crippen LogP contribution < -0.4 is 15.8 Å². The molecule has 3 aromatic rings. The number of nitrogens with one attached hydrogen (secondary N) is 1. The molecule has 1 aromatic heterocycles. The molecule has 2 aliphatic rings. The molecule has 11 heteroatoms. The van der Waals surface area contributed by atoms with E-state index in [4.69, 9.17) is 38.9 Å². The van der Waals surface area contributed by atoms with Crippen molar-refractivity contribution >= 4 is 35.1 Å². The van der Waals surface area contributed by atoms with Gasteiger partial charge in [0.05, 0.1) is 46.0 Å². The number of nitriles is 1. The molecule has 1 saturated carbocycles. The molecule has 0 radical (unpaired) electrons. The molecule has 1 fully saturated rings. The van der Waals surface area contributed by atoms with Gasteiger partial charge in [-0.15, -0.1) is 0 Å². The molecule has 0 atom stereocenters. The average molecular weight is 525 g/mol. The van der Waals surface area contributed by atoms with Crippen LogP contribution in [0.2, 0.25) is 10.0 Å². The zero-order valence-electron chi connectivity index (χ0n) is 19.1. The third-order valence-corrected chi connectivity index (χ3v) is 7.17. The second-order valence-electron chi connectivity index (χ2n) is 8.80. The lowest BCUT2D eigenvalue weighted by Gasteiger charge is -2.36. The van der Waals surface area contributed by atoms with Gasteiger partial charge in [-0.1, -0.05) is 29.3 Å². The van der Waals surface area contributed by atoms with Crippen molar-refractivity contribution in [2.45, 2.75) is 38.1 Å². The second-order valence-corrected chi connectivity index (χ2v) is 9.61. The fraction of sp³-hybridized carbons (Fsp3) is 0.280. The minimum Gasteiger partial charge on any atom is -0.490 e. The summed E-state index contributed by atoms with van der Waals surface area (Å²) in [6.07, 6.45) is 1.25. The molecule has 184 valence electrons. The standard InChI is InChI=1S/C25H22Cl2N6O3/c26-19-6-3-15(9-20(19)27)23-22(21-13-32(25(29)35)7-8-33(21)31-23)24(34)30-16-10-18(11-16)36-17-4-1-14(12-28)2-5-17/h1-6,9,16,18H,7-8,10-11,13H2,(H2,29,35)(H,30,34)/t16-,18-. The van der Waals surface area contributed by atoms with E-state index in [0.717, 1.165) is 0 Å². The first-order valence-electron chi connectivity index (χ1n) is 11.4. The van der Waals surface area contributed by atoms with Crippen molar-refractivity contribution in [2.24, 2.45) is 5.73 Å². The van der Waals surface area contributed by atoms with E-state index in [1.54, 1.807) is 47.1 Å². The van der Waals surface area contributed by atoms with Gasteiger partial charge in [0.25, 0.3) is 5.91 Å². The highest BCUT2D eigenvalue weighted by Crippen LogP contribution is 2.33. The van der Waals surface area contributed by atoms with Gasteiger partial charge in [0, 0.05) is 31.0 Å². The molecule has 0 bridgehead atoms. The van der Waals surface area contributed by atoms with Crippen LogP contribution in [0.15, 0.2) is 42.5 Å². The normalized spacial score (nSPS) is 18.5. The van der Waals surface area contributed by atoms with Gasteiger partial charge in [-0.05, 0) is 36.4 Å². The van der Waals surface area contributed by atoms with Crippen molar-refractivity contribution in [3.63, 3.8) is 0 Å². The lowest BCUT2D eigenvalue weighted by molar-refractivity contribution is 0.0699. The van der Waals surface area contributed by atoms with E-state index in [-0.39, 0.29) is 24.6 Å². The molecule has 0 spiro atoms. The number of carbonyl (C=O) groups is 2. The van der Waals surface area contributed by atoms with Gasteiger partial charge in [-0.3, -0.25) is 9.48 Å². The zero-order valence-corrected chi connectivity index (χ0v) is 20.6. The number of hydrogen-bond donors (Lipinski definition) is 2. The summed E-state index contributed by atoms with van der Waals surface area (Å²) >= 11 is 12.3. The first kappa shape index (κ1) is 24.0. The van der Waals surface area contributed by atoms with Gasteiger partial charge < -0.3 is 20.7 Å². The van der Waals surface area contributed by atoms with E-state index < -0.39 is 6.03 Å². The number of fused-ring (bicyclic) bond motifs is 1. The summed E-state index contributed by atoms with van der Waals surface area (Å²) < 4.78 is 7.68. The predicted molar refractivity (Wildman–Crippen MR) is 134 cm³/mol. The van der Waals surface area contributed by atoms with Gasteiger partial charge >= 0.3 is 6.03 Å². The minimum atomic E-state index is -0.549. The molecule has 0 unspecified atom stereocenters. The molecule has 3 N–H and O–H groups in total. The average Bonchev–Trinajstić information content (AvgIpc) is 3.23. The summed E-state index contributed by atoms with van der Waals surface area (Å²) in [5.74, 6) is 0.397. The highest BCUT2D eigenvalue weighted by atomic mass is 35.5. The van der Waals surface area contributed by atoms with Crippen LogP contribution in [0.5, 0.6) is 5.75 Å². The van der Waals surface area contributed by atoms with Crippen LogP contribution in [0.4, 0.5) is 4.79 Å². The van der Waals surface area contributed by atoms with Crippen LogP contribution in [0, 0.1) is 11.3 Å². The third-order valence-electron chi connectivity index (χ3n) is 6.43. The Hall–Kier alpha value is -3.74. The summed E-state index contributed by atoms with van der Waals surface area (Å²) in [6.45, 7) is 1.01. The van der Waals surface area contributed by atoms with Crippen LogP contribution in [-0.4, -0.2) is 45.3 Å². The number of amides is 3. The Balaban J connectivity index is 1.34. The van der Waals surface area contributed by atoms with Crippen LogP contribution >= 0.6 is 23.2 Å². The van der Waals surface area contributed by atoms with Crippen LogP contribution in [-0.2, 0) is 13.1 Å². The Kier molecular flexibility index (Phi) is 6.48. The number of urea groups is 1. The van der Waals surface area contributed by atoms with E-state index in [2.05, 4.69) is 16.5 Å². The molecule has 2 aromatic carbocycles. The number of hydrogen-bond acceptors (Lipinski definition) is 5. The largest absolute Gasteiger partial charge is 0.490 e. The Morgan fingerprint density at radius 3 is 2.53 bits per heavy atom. The van der Waals surface area contributed by atoms with Crippen molar-refractivity contribution in [3.05, 3.63) is 69.3 Å². The van der Waals surface area contributed by atoms with Crippen molar-refractivity contribution in [1.29, 1.82) is 5.26 Å². The number of carbonyl (C=O) groups excluding carboxylic acids is 2. The van der Waals surface area contributed by atoms with Crippen molar-refractivity contribution in [2.75, 3.05) is 6.54 Å². The molecule has 1 aliphatic heterocycles. The Morgan fingerprint density at radius 2 is 1.86 bits per heavy atom. The van der Waals surface area contributed by atoms with Gasteiger partial charge in [0.1, 0.15) is 17.5 Å². The monoisotopic (exact) mass is 524 g/mol. The van der Waals surface area contributed by atoms with E-state index in [9.17, 15) is 9.59 Å². The van der Waals surface area contributed by atoms with E-state index in [1.807, 2.05) is 0 Å². The van der Waals surface area contributed by atoms with Crippen molar-refractivity contribution < 1.29 is 14.3 Å². The first-order valence-corrected chi connectivity index (χ1v) is 12.1. The van der Waals surface area contributed by atoms with E-state index in [0.29, 0.717) is 69.8 Å². The summed E-state index contributed by atoms with van der Waals surface area (Å²) in [4.78, 5) is 26.8. The lowest BCUT2D eigenvalue weighted by atomic mass is 9.88. The smallest absolute Gasteiger partial charge is 0.315 e. The number of rotatable bonds is 5. The number of ether oxygens (including phenoxy) is 1. The molecule has 2 heterocycles. The Morgan fingerprint density at radius 1 is 1.11 bits per heavy atom. The highest BCUT2D eigenvalue weighted by molar-refractivity contribution is 6.42. The minimum absolute atomic E-state index is 0.0378. The van der Waals surface area contributed by atoms with Gasteiger partial charge in [-0.2, -0.15) is 10.4 Å². The van der Waals surface area contributed by atoms with Gasteiger partial charge in [0.15, 0.2) is 0 Å². The van der Waals surface area contributed by atoms with Crippen molar-refractivity contribution in [1.82, 2.24) is 20.0 Å². The molecule has 36 heavy (non-hydrogen) atoms. The zero-order chi connectivity index (χ0) is 25.4. The third kappa shape index (κ3) is 4.70. The summed E-state index contributed by atoms with van der Waals surface area (Å²) in [6, 6.07) is 13.5. The number of halogens is 2. The molecule has 3 amide bonds. The number of nitrogens with zero attached hydrogens (tertiary/aromatic N) is 4. The maximum Gasteiger partial charge on any atom is 0.315 e. The van der Waals surface area contributed by atoms with E-state index >= 15 is 0 Å². The lowest BCUT2D eigenvalue weighted by Crippen LogP contribution is -2.49. The summed E-state index contributed by atoms with van der Waals surface area (Å²) in [7, 11) is 0. The fourth-order valence-corrected chi connectivity index (χ4v) is 4.73. The highest BCUT2D eigenvalue weighted by Gasteiger charge is 2.35. The number of benzene rings is 2. The molecule has 9 nitrogen and oxygen atoms in total. The second kappa shape index (κ2) is 9.72. The number of primary amides is 1. The SMILES string of the molecule is N#Cc1ccc(O[C@H]2C[C@H](NC(=O)c3c(-c4ccc(Cl)c(Cl)c4)nn4c3CN(C(N)=O)CC4)C2)cc1. The van der Waals surface area contributed by atoms with Gasteiger partial charge in [-0.25, -0.2) is 4.79 Å². The summed E-state index contributed by atoms with van der Waals surface area (Å²) in [5, 5.41) is 17.4. The van der Waals surface area contributed by atoms with Crippen LogP contribution in [0.25, 0.3) is 11.3 Å². The quantitative estimate of drug-likeness (QED) is 0.522. The Bertz CT molecular complexity index is 1380. The molecule has 1 aliphatic carbocycles. The van der Waals surface area contributed by atoms with Crippen LogP contribution in [0.3, 0.4) is 0 Å². The van der Waals surface area contributed by atoms with Crippen molar-refractivity contribution in [3.8, 4) is 23.1 Å². The molecule has 0 saturated heterocycles. The van der Waals surface area contributed by atoms with E-state index in [1.165, 1.54) is 4.90 Å². The maximum atomic E-state index is 13.5. The summed E-state index contributed by atoms with van der Waals surface area (Å²) in [5.41, 5.74) is 8.19. The number of aromatic nitrogens is 2. The molecular weight excluding hydrogens is 503 g/mol. The number of nitrogens with two attached hydrogens (primary N) is 1. The maximum absolute atomic E-state index is 13.5. The molecular formula is C25H22Cl2N6O3.